The average molecular weight is 372 g/mol. The van der Waals surface area contributed by atoms with E-state index in [2.05, 4.69) is 4.90 Å². The van der Waals surface area contributed by atoms with E-state index in [-0.39, 0.29) is 5.69 Å². The van der Waals surface area contributed by atoms with Crippen molar-refractivity contribution < 1.29 is 19.3 Å². The lowest BCUT2D eigenvalue weighted by atomic mass is 10.0. The van der Waals surface area contributed by atoms with Gasteiger partial charge in [-0.3, -0.25) is 10.1 Å². The summed E-state index contributed by atoms with van der Waals surface area (Å²) in [5.41, 5.74) is 0.154. The summed E-state index contributed by atoms with van der Waals surface area (Å²) in [5.74, 6) is 1.63. The van der Waals surface area contributed by atoms with Gasteiger partial charge in [0.2, 0.25) is 0 Å². The van der Waals surface area contributed by atoms with Crippen LogP contribution in [0, 0.1) is 10.1 Å². The summed E-state index contributed by atoms with van der Waals surface area (Å²) in [6.07, 6.45) is 0. The zero-order chi connectivity index (χ0) is 18.3. The lowest BCUT2D eigenvalue weighted by molar-refractivity contribution is -0.650. The maximum Gasteiger partial charge on any atom is 0.316 e. The molecule has 2 aliphatic heterocycles. The Morgan fingerprint density at radius 2 is 2.08 bits per heavy atom. The molecule has 0 radical (unpaired) electrons. The van der Waals surface area contributed by atoms with Gasteiger partial charge in [-0.05, 0) is 36.0 Å². The van der Waals surface area contributed by atoms with Gasteiger partial charge in [0.25, 0.3) is 11.4 Å². The number of thioether (sulfide) groups is 1. The van der Waals surface area contributed by atoms with Crippen LogP contribution in [0.2, 0.25) is 0 Å². The summed E-state index contributed by atoms with van der Waals surface area (Å²) in [5, 5.41) is 23.6. The van der Waals surface area contributed by atoms with Gasteiger partial charge in [-0.25, -0.2) is 9.48 Å². The molecule has 2 aromatic rings. The van der Waals surface area contributed by atoms with Crippen LogP contribution in [0.25, 0.3) is 0 Å². The molecule has 8 heteroatoms. The van der Waals surface area contributed by atoms with E-state index in [4.69, 9.17) is 4.74 Å². The first kappa shape index (κ1) is 16.9. The van der Waals surface area contributed by atoms with Gasteiger partial charge >= 0.3 is 5.17 Å². The number of nitrogens with zero attached hydrogens (tertiary/aromatic N) is 3. The van der Waals surface area contributed by atoms with Crippen LogP contribution in [0.4, 0.5) is 11.4 Å². The zero-order valence-electron chi connectivity index (χ0n) is 14.2. The van der Waals surface area contributed by atoms with Crippen molar-refractivity contribution in [2.75, 3.05) is 30.9 Å². The fourth-order valence-corrected chi connectivity index (χ4v) is 4.60. The highest BCUT2D eigenvalue weighted by Gasteiger charge is 2.54. The lowest BCUT2D eigenvalue weighted by Gasteiger charge is -2.22. The van der Waals surface area contributed by atoms with Crippen molar-refractivity contribution in [2.24, 2.45) is 0 Å². The summed E-state index contributed by atoms with van der Waals surface area (Å²) in [4.78, 5) is 12.7. The van der Waals surface area contributed by atoms with Gasteiger partial charge in [0.15, 0.2) is 6.54 Å². The summed E-state index contributed by atoms with van der Waals surface area (Å²) >= 11 is 1.68. The number of hydrogen-bond acceptors (Lipinski definition) is 6. The molecular weight excluding hydrogens is 354 g/mol. The molecule has 1 unspecified atom stereocenters. The molecule has 1 N–H and O–H groups in total. The number of nitro groups is 1. The number of rotatable bonds is 4. The Hall–Kier alpha value is -2.58. The molecule has 2 aliphatic rings. The third-order valence-electron chi connectivity index (χ3n) is 4.74. The van der Waals surface area contributed by atoms with Crippen molar-refractivity contribution in [1.82, 2.24) is 0 Å². The Labute approximate surface area is 154 Å². The van der Waals surface area contributed by atoms with E-state index in [9.17, 15) is 15.2 Å². The van der Waals surface area contributed by atoms with E-state index in [1.165, 1.54) is 12.1 Å². The SMILES string of the molecule is COc1ccc(N2CC(O)(c3cccc([N+](=O)[O-])c3)[N+]3=C2SCC3)cc1. The van der Waals surface area contributed by atoms with Gasteiger partial charge in [-0.1, -0.05) is 12.1 Å². The van der Waals surface area contributed by atoms with Crippen LogP contribution < -0.4 is 9.64 Å². The van der Waals surface area contributed by atoms with Crippen LogP contribution in [0.15, 0.2) is 48.5 Å². The van der Waals surface area contributed by atoms with E-state index >= 15 is 0 Å². The third kappa shape index (κ3) is 2.62. The topological polar surface area (TPSA) is 78.9 Å². The molecule has 0 aliphatic carbocycles. The first-order chi connectivity index (χ1) is 12.5. The summed E-state index contributed by atoms with van der Waals surface area (Å²) in [7, 11) is 1.62. The molecule has 0 saturated carbocycles. The molecule has 2 heterocycles. The van der Waals surface area contributed by atoms with Crippen LogP contribution in [0.3, 0.4) is 0 Å². The molecule has 0 amide bonds. The number of benzene rings is 2. The van der Waals surface area contributed by atoms with Gasteiger partial charge in [0.05, 0.1) is 18.6 Å². The molecule has 1 atom stereocenters. The molecule has 134 valence electrons. The van der Waals surface area contributed by atoms with Crippen molar-refractivity contribution in [3.63, 3.8) is 0 Å². The van der Waals surface area contributed by atoms with Crippen LogP contribution >= 0.6 is 11.8 Å². The quantitative estimate of drug-likeness (QED) is 0.504. The number of non-ortho nitro benzene ring substituents is 1. The molecule has 4 rings (SSSR count). The molecular formula is C18H18N3O4S+. The highest BCUT2D eigenvalue weighted by Crippen LogP contribution is 2.39. The van der Waals surface area contributed by atoms with Gasteiger partial charge in [0.1, 0.15) is 11.4 Å². The lowest BCUT2D eigenvalue weighted by Crippen LogP contribution is -2.41. The second-order valence-corrected chi connectivity index (χ2v) is 7.25. The first-order valence-corrected chi connectivity index (χ1v) is 9.18. The molecule has 0 saturated heterocycles. The Kier molecular flexibility index (Phi) is 4.08. The maximum atomic E-state index is 11.5. The van der Waals surface area contributed by atoms with Crippen molar-refractivity contribution in [1.29, 1.82) is 0 Å². The summed E-state index contributed by atoms with van der Waals surface area (Å²) in [6.45, 7) is 0.995. The molecule has 0 fully saturated rings. The second kappa shape index (κ2) is 6.30. The molecule has 0 spiro atoms. The fourth-order valence-electron chi connectivity index (χ4n) is 3.42. The summed E-state index contributed by atoms with van der Waals surface area (Å²) < 4.78 is 7.14. The monoisotopic (exact) mass is 372 g/mol. The minimum atomic E-state index is -1.30. The Bertz CT molecular complexity index is 900. The van der Waals surface area contributed by atoms with Crippen molar-refractivity contribution in [2.45, 2.75) is 5.72 Å². The number of amidine groups is 1. The normalized spacial score (nSPS) is 21.8. The number of aliphatic hydroxyl groups is 1. The highest BCUT2D eigenvalue weighted by molar-refractivity contribution is 8.14. The largest absolute Gasteiger partial charge is 0.497 e. The zero-order valence-corrected chi connectivity index (χ0v) is 15.0. The highest BCUT2D eigenvalue weighted by atomic mass is 32.2. The summed E-state index contributed by atoms with van der Waals surface area (Å²) in [6, 6.07) is 13.9. The van der Waals surface area contributed by atoms with Crippen LogP contribution in [0.1, 0.15) is 5.56 Å². The molecule has 7 nitrogen and oxygen atoms in total. The van der Waals surface area contributed by atoms with Crippen LogP contribution in [0.5, 0.6) is 5.75 Å². The van der Waals surface area contributed by atoms with Crippen LogP contribution in [-0.4, -0.2) is 45.7 Å². The second-order valence-electron chi connectivity index (χ2n) is 6.19. The molecule has 26 heavy (non-hydrogen) atoms. The van der Waals surface area contributed by atoms with Gasteiger partial charge in [-0.15, -0.1) is 0 Å². The number of hydrogen-bond donors (Lipinski definition) is 1. The van der Waals surface area contributed by atoms with Gasteiger partial charge in [0, 0.05) is 23.4 Å². The standard InChI is InChI=1S/C18H18N3O4S/c1-25-16-7-5-14(6-8-16)19-12-18(22,20-9-10-26-17(19)20)13-3-2-4-15(11-13)21(23)24/h2-8,11,22H,9-10,12H2,1H3/q+1. The minimum absolute atomic E-state index is 0.0211. The first-order valence-electron chi connectivity index (χ1n) is 8.19. The fraction of sp³-hybridized carbons (Fsp3) is 0.278. The predicted octanol–water partition coefficient (Wildman–Crippen LogP) is 2.38. The third-order valence-corrected chi connectivity index (χ3v) is 5.82. The van der Waals surface area contributed by atoms with E-state index < -0.39 is 10.6 Å². The molecule has 0 bridgehead atoms. The van der Waals surface area contributed by atoms with E-state index in [0.717, 1.165) is 22.4 Å². The van der Waals surface area contributed by atoms with Crippen LogP contribution in [-0.2, 0) is 5.72 Å². The van der Waals surface area contributed by atoms with E-state index in [1.807, 2.05) is 28.8 Å². The number of ether oxygens (including phenoxy) is 1. The van der Waals surface area contributed by atoms with Gasteiger partial charge < -0.3 is 9.84 Å². The van der Waals surface area contributed by atoms with E-state index in [1.54, 1.807) is 31.0 Å². The van der Waals surface area contributed by atoms with Crippen molar-refractivity contribution >= 4 is 28.3 Å². The Balaban J connectivity index is 1.74. The predicted molar refractivity (Wildman–Crippen MR) is 99.9 cm³/mol. The number of nitro benzene ring substituents is 1. The number of β-amino-alcohol motifs (C(OH)–C–C–N with tert-alkyl or cyclic N) is 1. The number of methoxy groups -OCH3 is 1. The Morgan fingerprint density at radius 3 is 2.77 bits per heavy atom. The van der Waals surface area contributed by atoms with Crippen molar-refractivity contribution in [3.8, 4) is 5.75 Å². The Morgan fingerprint density at radius 1 is 1.31 bits per heavy atom. The molecule has 0 aromatic heterocycles. The minimum Gasteiger partial charge on any atom is -0.497 e. The van der Waals surface area contributed by atoms with Crippen molar-refractivity contribution in [3.05, 3.63) is 64.2 Å². The maximum absolute atomic E-state index is 11.5. The number of anilines is 1. The average Bonchev–Trinajstić information content (AvgIpc) is 3.25. The van der Waals surface area contributed by atoms with E-state index in [0.29, 0.717) is 18.7 Å². The van der Waals surface area contributed by atoms with Gasteiger partial charge in [-0.2, -0.15) is 0 Å². The molecule has 2 aromatic carbocycles. The smallest absolute Gasteiger partial charge is 0.316 e.